The summed E-state index contributed by atoms with van der Waals surface area (Å²) < 4.78 is 5.72. The summed E-state index contributed by atoms with van der Waals surface area (Å²) in [6.45, 7) is 2.12. The second kappa shape index (κ2) is 4.71. The van der Waals surface area contributed by atoms with Gasteiger partial charge >= 0.3 is 0 Å². The van der Waals surface area contributed by atoms with Crippen molar-refractivity contribution in [2.75, 3.05) is 0 Å². The van der Waals surface area contributed by atoms with Crippen molar-refractivity contribution in [2.45, 2.75) is 25.8 Å². The maximum atomic E-state index is 6.16. The molecule has 0 aliphatic carbocycles. The molecule has 16 heavy (non-hydrogen) atoms. The number of hydrogen-bond acceptors (Lipinski definition) is 5. The minimum Gasteiger partial charge on any atom is -0.318 e. The first-order valence-electron chi connectivity index (χ1n) is 5.28. The average Bonchev–Trinajstić information content (AvgIpc) is 2.87. The van der Waals surface area contributed by atoms with Crippen molar-refractivity contribution >= 4 is 11.5 Å². The van der Waals surface area contributed by atoms with E-state index in [9.17, 15) is 0 Å². The van der Waals surface area contributed by atoms with Crippen molar-refractivity contribution in [3.05, 3.63) is 28.5 Å². The van der Waals surface area contributed by atoms with Crippen molar-refractivity contribution in [1.29, 1.82) is 0 Å². The Kier molecular flexibility index (Phi) is 3.31. The van der Waals surface area contributed by atoms with Crippen LogP contribution in [0, 0.1) is 0 Å². The Balaban J connectivity index is 2.26. The molecule has 0 spiro atoms. The predicted octanol–water partition coefficient (Wildman–Crippen LogP) is 1.27. The largest absolute Gasteiger partial charge is 0.318 e. The van der Waals surface area contributed by atoms with E-state index < -0.39 is 0 Å². The predicted molar refractivity (Wildman–Crippen MR) is 63.1 cm³/mol. The first-order chi connectivity index (χ1) is 7.72. The van der Waals surface area contributed by atoms with Crippen molar-refractivity contribution in [3.63, 3.8) is 0 Å². The molecule has 0 aliphatic rings. The van der Waals surface area contributed by atoms with Crippen molar-refractivity contribution < 1.29 is 0 Å². The Morgan fingerprint density at radius 1 is 1.56 bits per heavy atom. The summed E-state index contributed by atoms with van der Waals surface area (Å²) in [5.41, 5.74) is 8.03. The van der Waals surface area contributed by atoms with Crippen LogP contribution in [0.25, 0.3) is 0 Å². The second-order valence-electron chi connectivity index (χ2n) is 3.73. The van der Waals surface area contributed by atoms with Crippen LogP contribution in [0.4, 0.5) is 0 Å². The Labute approximate surface area is 98.4 Å². The van der Waals surface area contributed by atoms with Gasteiger partial charge in [0, 0.05) is 13.2 Å². The molecule has 0 saturated carbocycles. The fraction of sp³-hybridized carbons (Fsp3) is 0.500. The SMILES string of the molecule is CCCc1nnsc1C(N)c1ccn(C)n1. The standard InChI is InChI=1S/C10H15N5S/c1-3-4-8-10(16-14-12-8)9(11)7-5-6-15(2)13-7/h5-6,9H,3-4,11H2,1-2H3. The lowest BCUT2D eigenvalue weighted by atomic mass is 10.1. The van der Waals surface area contributed by atoms with Crippen molar-refractivity contribution in [2.24, 2.45) is 12.8 Å². The molecule has 0 bridgehead atoms. The third-order valence-electron chi connectivity index (χ3n) is 2.41. The molecule has 0 aliphatic heterocycles. The van der Waals surface area contributed by atoms with Gasteiger partial charge in [0.05, 0.1) is 22.3 Å². The Bertz CT molecular complexity index is 461. The van der Waals surface area contributed by atoms with E-state index in [1.165, 1.54) is 11.5 Å². The molecule has 0 saturated heterocycles. The van der Waals surface area contributed by atoms with Gasteiger partial charge in [-0.05, 0) is 24.0 Å². The van der Waals surface area contributed by atoms with Crippen LogP contribution in [0.15, 0.2) is 12.3 Å². The maximum Gasteiger partial charge on any atom is 0.0874 e. The zero-order valence-corrected chi connectivity index (χ0v) is 10.2. The number of aromatic nitrogens is 4. The number of hydrogen-bond donors (Lipinski definition) is 1. The van der Waals surface area contributed by atoms with Gasteiger partial charge in [-0.3, -0.25) is 4.68 Å². The highest BCUT2D eigenvalue weighted by atomic mass is 32.1. The molecule has 2 aromatic rings. The van der Waals surface area contributed by atoms with Gasteiger partial charge in [-0.25, -0.2) is 0 Å². The highest BCUT2D eigenvalue weighted by Gasteiger charge is 2.18. The molecule has 2 aromatic heterocycles. The minimum atomic E-state index is -0.206. The molecule has 0 radical (unpaired) electrons. The summed E-state index contributed by atoms with van der Waals surface area (Å²) in [7, 11) is 1.88. The number of nitrogens with two attached hydrogens (primary N) is 1. The van der Waals surface area contributed by atoms with Crippen LogP contribution in [-0.2, 0) is 13.5 Å². The Morgan fingerprint density at radius 3 is 3.00 bits per heavy atom. The van der Waals surface area contributed by atoms with E-state index in [-0.39, 0.29) is 6.04 Å². The Hall–Kier alpha value is -1.27. The number of rotatable bonds is 4. The highest BCUT2D eigenvalue weighted by Crippen LogP contribution is 2.24. The molecule has 6 heteroatoms. The molecular formula is C10H15N5S. The average molecular weight is 237 g/mol. The zero-order chi connectivity index (χ0) is 11.5. The topological polar surface area (TPSA) is 69.6 Å². The third-order valence-corrected chi connectivity index (χ3v) is 3.26. The number of aryl methyl sites for hydroxylation is 2. The van der Waals surface area contributed by atoms with Gasteiger partial charge in [-0.2, -0.15) is 5.10 Å². The molecule has 1 atom stereocenters. The molecule has 2 rings (SSSR count). The van der Waals surface area contributed by atoms with Crippen LogP contribution in [0.3, 0.4) is 0 Å². The van der Waals surface area contributed by atoms with E-state index in [0.29, 0.717) is 0 Å². The molecule has 5 nitrogen and oxygen atoms in total. The summed E-state index contributed by atoms with van der Waals surface area (Å²) in [5.74, 6) is 0. The monoisotopic (exact) mass is 237 g/mol. The zero-order valence-electron chi connectivity index (χ0n) is 9.42. The lowest BCUT2D eigenvalue weighted by Crippen LogP contribution is -2.13. The molecular weight excluding hydrogens is 222 g/mol. The van der Waals surface area contributed by atoms with Crippen LogP contribution >= 0.6 is 11.5 Å². The minimum absolute atomic E-state index is 0.206. The van der Waals surface area contributed by atoms with E-state index in [0.717, 1.165) is 29.1 Å². The molecule has 0 aromatic carbocycles. The first-order valence-corrected chi connectivity index (χ1v) is 6.06. The molecule has 2 heterocycles. The van der Waals surface area contributed by atoms with E-state index in [4.69, 9.17) is 5.73 Å². The van der Waals surface area contributed by atoms with Gasteiger partial charge in [0.1, 0.15) is 0 Å². The van der Waals surface area contributed by atoms with Gasteiger partial charge < -0.3 is 5.73 Å². The van der Waals surface area contributed by atoms with Crippen LogP contribution in [0.1, 0.15) is 35.7 Å². The molecule has 1 unspecified atom stereocenters. The third kappa shape index (κ3) is 2.12. The molecule has 0 amide bonds. The smallest absolute Gasteiger partial charge is 0.0874 e. The van der Waals surface area contributed by atoms with Crippen molar-refractivity contribution in [3.8, 4) is 0 Å². The first kappa shape index (κ1) is 11.2. The second-order valence-corrected chi connectivity index (χ2v) is 4.51. The normalized spacial score (nSPS) is 12.9. The lowest BCUT2D eigenvalue weighted by molar-refractivity contribution is 0.713. The Morgan fingerprint density at radius 2 is 2.38 bits per heavy atom. The van der Waals surface area contributed by atoms with Crippen molar-refractivity contribution in [1.82, 2.24) is 19.4 Å². The summed E-state index contributed by atoms with van der Waals surface area (Å²) in [6, 6.07) is 1.72. The van der Waals surface area contributed by atoms with Gasteiger partial charge in [0.15, 0.2) is 0 Å². The maximum absolute atomic E-state index is 6.16. The fourth-order valence-electron chi connectivity index (χ4n) is 1.60. The van der Waals surface area contributed by atoms with E-state index in [1.807, 2.05) is 19.3 Å². The van der Waals surface area contributed by atoms with Crippen LogP contribution < -0.4 is 5.73 Å². The van der Waals surface area contributed by atoms with Gasteiger partial charge in [-0.15, -0.1) is 5.10 Å². The van der Waals surface area contributed by atoms with Crippen LogP contribution in [0.2, 0.25) is 0 Å². The van der Waals surface area contributed by atoms with Gasteiger partial charge in [0.2, 0.25) is 0 Å². The molecule has 86 valence electrons. The van der Waals surface area contributed by atoms with Crippen LogP contribution in [0.5, 0.6) is 0 Å². The number of nitrogens with zero attached hydrogens (tertiary/aromatic N) is 4. The van der Waals surface area contributed by atoms with E-state index >= 15 is 0 Å². The van der Waals surface area contributed by atoms with E-state index in [2.05, 4.69) is 21.6 Å². The summed E-state index contributed by atoms with van der Waals surface area (Å²) in [4.78, 5) is 1.03. The summed E-state index contributed by atoms with van der Waals surface area (Å²) >= 11 is 1.37. The van der Waals surface area contributed by atoms with E-state index in [1.54, 1.807) is 4.68 Å². The quantitative estimate of drug-likeness (QED) is 0.869. The molecule has 0 fully saturated rings. The van der Waals surface area contributed by atoms with Gasteiger partial charge in [-0.1, -0.05) is 17.8 Å². The van der Waals surface area contributed by atoms with Gasteiger partial charge in [0.25, 0.3) is 0 Å². The lowest BCUT2D eigenvalue weighted by Gasteiger charge is -2.06. The summed E-state index contributed by atoms with van der Waals surface area (Å²) in [6.07, 6.45) is 3.86. The summed E-state index contributed by atoms with van der Waals surface area (Å²) in [5, 5.41) is 8.42. The molecule has 2 N–H and O–H groups in total. The van der Waals surface area contributed by atoms with Crippen LogP contribution in [-0.4, -0.2) is 19.4 Å². The fourth-order valence-corrected chi connectivity index (χ4v) is 2.31. The highest BCUT2D eigenvalue weighted by molar-refractivity contribution is 7.05.